The molecule has 0 unspecified atom stereocenters. The number of amides is 3. The van der Waals surface area contributed by atoms with Crippen LogP contribution >= 0.6 is 0 Å². The third-order valence-corrected chi connectivity index (χ3v) is 4.34. The van der Waals surface area contributed by atoms with Crippen LogP contribution in [-0.2, 0) is 0 Å². The zero-order chi connectivity index (χ0) is 24.7. The van der Waals surface area contributed by atoms with Crippen LogP contribution in [0.1, 0.15) is 16.1 Å². The first-order valence-electron chi connectivity index (χ1n) is 9.79. The molecule has 12 heteroatoms. The van der Waals surface area contributed by atoms with Gasteiger partial charge in [0, 0.05) is 36.6 Å². The topological polar surface area (TPSA) is 114 Å². The average Bonchev–Trinajstić information content (AvgIpc) is 2.78. The van der Waals surface area contributed by atoms with Crippen LogP contribution in [0.15, 0.2) is 60.8 Å². The summed E-state index contributed by atoms with van der Waals surface area (Å²) in [5.41, 5.74) is 6.55. The summed E-state index contributed by atoms with van der Waals surface area (Å²) in [7, 11) is 1.49. The van der Waals surface area contributed by atoms with E-state index < -0.39 is 18.1 Å². The van der Waals surface area contributed by atoms with Crippen molar-refractivity contribution in [3.8, 4) is 17.2 Å². The number of rotatable bonds is 7. The Kier molecular flexibility index (Phi) is 7.41. The molecule has 34 heavy (non-hydrogen) atoms. The van der Waals surface area contributed by atoms with Crippen molar-refractivity contribution >= 4 is 23.3 Å². The SMILES string of the molecule is CNC(=O)c1cc(Oc2cccc(NNC(=O)Nc3cccc(OC(F)(F)F)c3)c2C)ccn1. The molecule has 3 aromatic rings. The predicted octanol–water partition coefficient (Wildman–Crippen LogP) is 4.59. The Morgan fingerprint density at radius 3 is 2.50 bits per heavy atom. The Morgan fingerprint density at radius 2 is 1.76 bits per heavy atom. The number of hydrogen-bond acceptors (Lipinski definition) is 6. The monoisotopic (exact) mass is 475 g/mol. The maximum atomic E-state index is 12.4. The molecule has 178 valence electrons. The maximum absolute atomic E-state index is 12.4. The van der Waals surface area contributed by atoms with Crippen molar-refractivity contribution in [2.75, 3.05) is 17.8 Å². The maximum Gasteiger partial charge on any atom is 0.573 e. The lowest BCUT2D eigenvalue weighted by atomic mass is 10.2. The highest BCUT2D eigenvalue weighted by Gasteiger charge is 2.31. The van der Waals surface area contributed by atoms with Gasteiger partial charge in [-0.15, -0.1) is 13.2 Å². The van der Waals surface area contributed by atoms with Crippen molar-refractivity contribution in [2.45, 2.75) is 13.3 Å². The number of hydrazine groups is 1. The van der Waals surface area contributed by atoms with E-state index in [-0.39, 0.29) is 17.3 Å². The molecule has 3 amide bonds. The molecule has 0 spiro atoms. The van der Waals surface area contributed by atoms with E-state index >= 15 is 0 Å². The molecule has 0 radical (unpaired) electrons. The van der Waals surface area contributed by atoms with Crippen molar-refractivity contribution < 1.29 is 32.2 Å². The Hall–Kier alpha value is -4.48. The van der Waals surface area contributed by atoms with Crippen LogP contribution in [0.2, 0.25) is 0 Å². The van der Waals surface area contributed by atoms with Crippen LogP contribution in [-0.4, -0.2) is 30.3 Å². The Morgan fingerprint density at radius 1 is 1.00 bits per heavy atom. The van der Waals surface area contributed by atoms with Crippen LogP contribution in [0.4, 0.5) is 29.3 Å². The van der Waals surface area contributed by atoms with Gasteiger partial charge in [0.05, 0.1) is 5.69 Å². The number of nitrogens with one attached hydrogen (secondary N) is 4. The largest absolute Gasteiger partial charge is 0.573 e. The first kappa shape index (κ1) is 24.2. The van der Waals surface area contributed by atoms with Crippen LogP contribution in [0.5, 0.6) is 17.2 Å². The average molecular weight is 475 g/mol. The number of urea groups is 1. The molecule has 2 aromatic carbocycles. The second-order valence-electron chi connectivity index (χ2n) is 6.77. The number of halogens is 3. The van der Waals surface area contributed by atoms with E-state index in [4.69, 9.17) is 4.74 Å². The molecule has 0 saturated carbocycles. The van der Waals surface area contributed by atoms with Gasteiger partial charge in [-0.3, -0.25) is 20.6 Å². The van der Waals surface area contributed by atoms with Gasteiger partial charge in [-0.1, -0.05) is 12.1 Å². The summed E-state index contributed by atoms with van der Waals surface area (Å²) in [6, 6.07) is 12.3. The smallest absolute Gasteiger partial charge is 0.457 e. The van der Waals surface area contributed by atoms with Crippen LogP contribution < -0.4 is 31.0 Å². The number of aromatic nitrogens is 1. The van der Waals surface area contributed by atoms with Gasteiger partial charge < -0.3 is 20.1 Å². The fourth-order valence-corrected chi connectivity index (χ4v) is 2.77. The molecule has 1 heterocycles. The van der Waals surface area contributed by atoms with E-state index in [9.17, 15) is 22.8 Å². The number of anilines is 2. The quantitative estimate of drug-likeness (QED) is 0.372. The van der Waals surface area contributed by atoms with E-state index in [1.807, 2.05) is 0 Å². The highest BCUT2D eigenvalue weighted by Crippen LogP contribution is 2.30. The number of alkyl halides is 3. The first-order valence-corrected chi connectivity index (χ1v) is 9.79. The summed E-state index contributed by atoms with van der Waals surface area (Å²) in [4.78, 5) is 27.9. The molecule has 0 aliphatic rings. The van der Waals surface area contributed by atoms with Gasteiger partial charge >= 0.3 is 12.4 Å². The number of ether oxygens (including phenoxy) is 2. The minimum Gasteiger partial charge on any atom is -0.457 e. The van der Waals surface area contributed by atoms with Gasteiger partial charge in [-0.05, 0) is 37.3 Å². The minimum atomic E-state index is -4.84. The highest BCUT2D eigenvalue weighted by atomic mass is 19.4. The summed E-state index contributed by atoms with van der Waals surface area (Å²) in [6.45, 7) is 1.75. The first-order chi connectivity index (χ1) is 16.1. The molecule has 0 aliphatic heterocycles. The summed E-state index contributed by atoms with van der Waals surface area (Å²) in [5.74, 6) is 0.0247. The summed E-state index contributed by atoms with van der Waals surface area (Å²) in [6.07, 6.45) is -3.40. The third kappa shape index (κ3) is 6.76. The van der Waals surface area contributed by atoms with Crippen molar-refractivity contribution in [1.82, 2.24) is 15.7 Å². The third-order valence-electron chi connectivity index (χ3n) is 4.34. The second-order valence-corrected chi connectivity index (χ2v) is 6.77. The van der Waals surface area contributed by atoms with Gasteiger partial charge in [0.2, 0.25) is 0 Å². The molecule has 0 saturated heterocycles. The zero-order valence-electron chi connectivity index (χ0n) is 18.0. The Bertz CT molecular complexity index is 1190. The van der Waals surface area contributed by atoms with Crippen LogP contribution in [0.3, 0.4) is 0 Å². The van der Waals surface area contributed by atoms with E-state index in [1.165, 1.54) is 31.4 Å². The van der Waals surface area contributed by atoms with E-state index in [0.29, 0.717) is 22.7 Å². The second kappa shape index (κ2) is 10.4. The normalized spacial score (nSPS) is 10.7. The van der Waals surface area contributed by atoms with Crippen molar-refractivity contribution in [2.24, 2.45) is 0 Å². The predicted molar refractivity (Wildman–Crippen MR) is 118 cm³/mol. The standard InChI is InChI=1S/C22H20F3N5O4/c1-13-17(7-4-8-19(13)33-15-9-10-27-18(12-15)20(31)26-2)29-30-21(32)28-14-5-3-6-16(11-14)34-22(23,24)25/h3-12,29H,1-2H3,(H,26,31)(H2,28,30,32). The molecule has 3 rings (SSSR count). The lowest BCUT2D eigenvalue weighted by Crippen LogP contribution is -2.33. The van der Waals surface area contributed by atoms with E-state index in [2.05, 4.69) is 31.2 Å². The number of nitrogens with zero attached hydrogens (tertiary/aromatic N) is 1. The van der Waals surface area contributed by atoms with E-state index in [1.54, 1.807) is 31.2 Å². The molecule has 0 fully saturated rings. The van der Waals surface area contributed by atoms with Gasteiger partial charge in [0.15, 0.2) is 0 Å². The van der Waals surface area contributed by atoms with E-state index in [0.717, 1.165) is 12.1 Å². The highest BCUT2D eigenvalue weighted by molar-refractivity contribution is 5.92. The van der Waals surface area contributed by atoms with Crippen molar-refractivity contribution in [3.05, 3.63) is 72.1 Å². The number of carbonyl (C=O) groups excluding carboxylic acids is 2. The van der Waals surface area contributed by atoms with Crippen molar-refractivity contribution in [1.29, 1.82) is 0 Å². The van der Waals surface area contributed by atoms with Crippen LogP contribution in [0, 0.1) is 6.92 Å². The number of hydrogen-bond donors (Lipinski definition) is 4. The molecule has 1 aromatic heterocycles. The summed E-state index contributed by atoms with van der Waals surface area (Å²) in [5, 5.41) is 4.88. The summed E-state index contributed by atoms with van der Waals surface area (Å²) < 4.78 is 46.8. The Labute approximate surface area is 192 Å². The van der Waals surface area contributed by atoms with Gasteiger partial charge in [-0.25, -0.2) is 4.79 Å². The van der Waals surface area contributed by atoms with Crippen molar-refractivity contribution in [3.63, 3.8) is 0 Å². The van der Waals surface area contributed by atoms with Crippen LogP contribution in [0.25, 0.3) is 0 Å². The molecule has 0 bridgehead atoms. The van der Waals surface area contributed by atoms with Gasteiger partial charge in [-0.2, -0.15) is 0 Å². The fraction of sp³-hybridized carbons (Fsp3) is 0.136. The molecule has 9 nitrogen and oxygen atoms in total. The number of benzene rings is 2. The van der Waals surface area contributed by atoms with Gasteiger partial charge in [0.25, 0.3) is 5.91 Å². The number of carbonyl (C=O) groups is 2. The number of pyridine rings is 1. The minimum absolute atomic E-state index is 0.0967. The molecular formula is C22H20F3N5O4. The Balaban J connectivity index is 1.63. The zero-order valence-corrected chi connectivity index (χ0v) is 18.0. The fourth-order valence-electron chi connectivity index (χ4n) is 2.77. The molecular weight excluding hydrogens is 455 g/mol. The lowest BCUT2D eigenvalue weighted by molar-refractivity contribution is -0.274. The van der Waals surface area contributed by atoms with Gasteiger partial charge in [0.1, 0.15) is 22.9 Å². The molecule has 0 aliphatic carbocycles. The molecule has 0 atom stereocenters. The lowest BCUT2D eigenvalue weighted by Gasteiger charge is -2.15. The molecule has 4 N–H and O–H groups in total. The summed E-state index contributed by atoms with van der Waals surface area (Å²) >= 11 is 0.